The molecule has 30 heavy (non-hydrogen) atoms. The van der Waals surface area contributed by atoms with E-state index in [9.17, 15) is 14.0 Å². The van der Waals surface area contributed by atoms with Gasteiger partial charge < -0.3 is 15.5 Å². The van der Waals surface area contributed by atoms with Crippen LogP contribution in [0.4, 0.5) is 15.9 Å². The van der Waals surface area contributed by atoms with Gasteiger partial charge in [-0.25, -0.2) is 9.37 Å². The van der Waals surface area contributed by atoms with Crippen LogP contribution < -0.4 is 15.5 Å². The van der Waals surface area contributed by atoms with Gasteiger partial charge in [-0.1, -0.05) is 18.2 Å². The number of anilines is 2. The molecule has 0 spiro atoms. The van der Waals surface area contributed by atoms with Crippen LogP contribution >= 0.6 is 0 Å². The van der Waals surface area contributed by atoms with Crippen LogP contribution in [0.25, 0.3) is 0 Å². The van der Waals surface area contributed by atoms with Gasteiger partial charge in [0.1, 0.15) is 5.82 Å². The smallest absolute Gasteiger partial charge is 0.253 e. The number of fused-ring (bicyclic) bond motifs is 1. The van der Waals surface area contributed by atoms with E-state index in [-0.39, 0.29) is 36.8 Å². The molecule has 0 saturated heterocycles. The first-order chi connectivity index (χ1) is 14.5. The van der Waals surface area contributed by atoms with Crippen LogP contribution in [0.1, 0.15) is 34.6 Å². The van der Waals surface area contributed by atoms with Crippen molar-refractivity contribution < 1.29 is 14.0 Å². The average Bonchev–Trinajstić information content (AvgIpc) is 2.76. The molecule has 3 heterocycles. The number of amides is 2. The summed E-state index contributed by atoms with van der Waals surface area (Å²) in [6.07, 6.45) is 3.13. The fourth-order valence-electron chi connectivity index (χ4n) is 3.25. The van der Waals surface area contributed by atoms with E-state index in [0.717, 1.165) is 11.3 Å². The summed E-state index contributed by atoms with van der Waals surface area (Å²) in [5, 5.41) is 5.85. The number of nitrogens with one attached hydrogen (secondary N) is 2. The Morgan fingerprint density at radius 2 is 2.03 bits per heavy atom. The van der Waals surface area contributed by atoms with Crippen LogP contribution in [0.3, 0.4) is 0 Å². The fourth-order valence-corrected chi connectivity index (χ4v) is 3.25. The first kappa shape index (κ1) is 19.5. The molecule has 2 aromatic heterocycles. The molecule has 1 aliphatic heterocycles. The first-order valence-electron chi connectivity index (χ1n) is 9.52. The van der Waals surface area contributed by atoms with Crippen LogP contribution in [0, 0.1) is 5.82 Å². The number of pyridine rings is 2. The van der Waals surface area contributed by atoms with Gasteiger partial charge >= 0.3 is 0 Å². The predicted octanol–water partition coefficient (Wildman–Crippen LogP) is 3.07. The minimum Gasteiger partial charge on any atom is -0.359 e. The number of carbonyl (C=O) groups is 2. The van der Waals surface area contributed by atoms with Crippen LogP contribution in [0.5, 0.6) is 0 Å². The maximum absolute atomic E-state index is 13.1. The van der Waals surface area contributed by atoms with Crippen molar-refractivity contribution in [3.63, 3.8) is 0 Å². The van der Waals surface area contributed by atoms with Gasteiger partial charge in [0.2, 0.25) is 5.91 Å². The SMILES string of the molecule is CC(NC(=O)c1cnc2c(c1)N(Cc1ccccn1)C(=O)CN2)c1ccc(F)cc1. The molecule has 0 fully saturated rings. The Kier molecular flexibility index (Phi) is 5.38. The number of halogens is 1. The Bertz CT molecular complexity index is 1070. The topological polar surface area (TPSA) is 87.2 Å². The molecule has 1 unspecified atom stereocenters. The monoisotopic (exact) mass is 405 g/mol. The summed E-state index contributed by atoms with van der Waals surface area (Å²) in [6, 6.07) is 12.8. The second-order valence-corrected chi connectivity index (χ2v) is 6.99. The number of carbonyl (C=O) groups excluding carboxylic acids is 2. The summed E-state index contributed by atoms with van der Waals surface area (Å²) in [6.45, 7) is 2.22. The van der Waals surface area contributed by atoms with Crippen LogP contribution in [0.2, 0.25) is 0 Å². The highest BCUT2D eigenvalue weighted by Gasteiger charge is 2.26. The van der Waals surface area contributed by atoms with E-state index < -0.39 is 0 Å². The van der Waals surface area contributed by atoms with E-state index in [1.807, 2.05) is 25.1 Å². The molecule has 3 aromatic rings. The zero-order valence-corrected chi connectivity index (χ0v) is 16.3. The summed E-state index contributed by atoms with van der Waals surface area (Å²) in [7, 11) is 0. The van der Waals surface area contributed by atoms with Crippen LogP contribution in [0.15, 0.2) is 60.9 Å². The number of nitrogens with zero attached hydrogens (tertiary/aromatic N) is 3. The molecule has 8 heteroatoms. The zero-order valence-electron chi connectivity index (χ0n) is 16.3. The molecule has 0 bridgehead atoms. The van der Waals surface area contributed by atoms with Crippen molar-refractivity contribution in [2.75, 3.05) is 16.8 Å². The van der Waals surface area contributed by atoms with Crippen molar-refractivity contribution in [3.8, 4) is 0 Å². The van der Waals surface area contributed by atoms with E-state index in [0.29, 0.717) is 17.1 Å². The van der Waals surface area contributed by atoms with Gasteiger partial charge in [0.25, 0.3) is 5.91 Å². The second kappa shape index (κ2) is 8.28. The van der Waals surface area contributed by atoms with E-state index in [2.05, 4.69) is 20.6 Å². The molecule has 0 radical (unpaired) electrons. The lowest BCUT2D eigenvalue weighted by Gasteiger charge is -2.29. The molecule has 1 atom stereocenters. The van der Waals surface area contributed by atoms with Gasteiger partial charge in [-0.3, -0.25) is 14.6 Å². The predicted molar refractivity (Wildman–Crippen MR) is 110 cm³/mol. The first-order valence-corrected chi connectivity index (χ1v) is 9.52. The summed E-state index contributed by atoms with van der Waals surface area (Å²) in [5.41, 5.74) is 2.37. The number of hydrogen-bond acceptors (Lipinski definition) is 5. The average molecular weight is 405 g/mol. The van der Waals surface area contributed by atoms with E-state index in [1.54, 1.807) is 29.3 Å². The summed E-state index contributed by atoms with van der Waals surface area (Å²) < 4.78 is 13.1. The van der Waals surface area contributed by atoms with Gasteiger partial charge in [0, 0.05) is 12.4 Å². The molecule has 0 aliphatic carbocycles. The van der Waals surface area contributed by atoms with Gasteiger partial charge in [0.15, 0.2) is 5.82 Å². The van der Waals surface area contributed by atoms with Crippen LogP contribution in [-0.4, -0.2) is 28.3 Å². The zero-order chi connectivity index (χ0) is 21.1. The van der Waals surface area contributed by atoms with E-state index in [4.69, 9.17) is 0 Å². The number of benzene rings is 1. The molecule has 152 valence electrons. The lowest BCUT2D eigenvalue weighted by Crippen LogP contribution is -2.40. The molecule has 4 rings (SSSR count). The molecule has 2 amide bonds. The Balaban J connectivity index is 1.56. The summed E-state index contributed by atoms with van der Waals surface area (Å²) in [5.74, 6) is -0.264. The van der Waals surface area contributed by atoms with Crippen LogP contribution in [-0.2, 0) is 11.3 Å². The fraction of sp³-hybridized carbons (Fsp3) is 0.182. The Morgan fingerprint density at radius 1 is 1.23 bits per heavy atom. The van der Waals surface area contributed by atoms with Crippen molar-refractivity contribution in [1.82, 2.24) is 15.3 Å². The largest absolute Gasteiger partial charge is 0.359 e. The number of hydrogen-bond donors (Lipinski definition) is 2. The third-order valence-corrected chi connectivity index (χ3v) is 4.89. The van der Waals surface area contributed by atoms with Crippen molar-refractivity contribution in [2.24, 2.45) is 0 Å². The molecule has 1 aliphatic rings. The minimum absolute atomic E-state index is 0.125. The van der Waals surface area contributed by atoms with Crippen molar-refractivity contribution in [1.29, 1.82) is 0 Å². The molecule has 1 aromatic carbocycles. The Labute approximate surface area is 173 Å². The van der Waals surface area contributed by atoms with E-state index >= 15 is 0 Å². The molecular weight excluding hydrogens is 385 g/mol. The third-order valence-electron chi connectivity index (χ3n) is 4.89. The van der Waals surface area contributed by atoms with Crippen molar-refractivity contribution in [2.45, 2.75) is 19.5 Å². The maximum atomic E-state index is 13.1. The minimum atomic E-state index is -0.335. The van der Waals surface area contributed by atoms with Gasteiger partial charge in [-0.15, -0.1) is 0 Å². The highest BCUT2D eigenvalue weighted by molar-refractivity contribution is 6.04. The molecule has 7 nitrogen and oxygen atoms in total. The standard InChI is InChI=1S/C22H20FN5O2/c1-14(15-5-7-17(23)8-6-15)27-22(30)16-10-19-21(25-11-16)26-12-20(29)28(19)13-18-4-2-3-9-24-18/h2-11,14H,12-13H2,1H3,(H,25,26)(H,27,30). The Morgan fingerprint density at radius 3 is 2.77 bits per heavy atom. The number of aromatic nitrogens is 2. The maximum Gasteiger partial charge on any atom is 0.253 e. The Hall–Kier alpha value is -3.81. The quantitative estimate of drug-likeness (QED) is 0.681. The number of rotatable bonds is 5. The molecular formula is C22H20FN5O2. The normalized spacial score (nSPS) is 13.9. The van der Waals surface area contributed by atoms with Gasteiger partial charge in [0.05, 0.1) is 36.1 Å². The van der Waals surface area contributed by atoms with Crippen molar-refractivity contribution in [3.05, 3.63) is 83.6 Å². The second-order valence-electron chi connectivity index (χ2n) is 6.99. The molecule has 2 N–H and O–H groups in total. The van der Waals surface area contributed by atoms with Gasteiger partial charge in [-0.2, -0.15) is 0 Å². The van der Waals surface area contributed by atoms with Crippen molar-refractivity contribution >= 4 is 23.3 Å². The summed E-state index contributed by atoms with van der Waals surface area (Å²) in [4.78, 5) is 35.4. The highest BCUT2D eigenvalue weighted by atomic mass is 19.1. The highest BCUT2D eigenvalue weighted by Crippen LogP contribution is 2.29. The van der Waals surface area contributed by atoms with E-state index in [1.165, 1.54) is 18.3 Å². The van der Waals surface area contributed by atoms with Gasteiger partial charge in [-0.05, 0) is 42.8 Å². The third kappa shape index (κ3) is 4.12. The summed E-state index contributed by atoms with van der Waals surface area (Å²) >= 11 is 0. The lowest BCUT2D eigenvalue weighted by molar-refractivity contribution is -0.117. The molecule has 0 saturated carbocycles. The lowest BCUT2D eigenvalue weighted by atomic mass is 10.1.